The third-order valence-corrected chi connectivity index (χ3v) is 5.37. The fraction of sp³-hybridized carbons (Fsp3) is 0.391. The molecule has 5 heteroatoms. The number of ether oxygens (including phenoxy) is 1. The Bertz CT molecular complexity index is 876. The van der Waals surface area contributed by atoms with Gasteiger partial charge in [-0.3, -0.25) is 14.6 Å². The number of amides is 1. The highest BCUT2D eigenvalue weighted by atomic mass is 16.5. The number of hydrogen-bond donors (Lipinski definition) is 0. The van der Waals surface area contributed by atoms with Gasteiger partial charge in [0.05, 0.1) is 24.7 Å². The minimum atomic E-state index is -0.0201. The third-order valence-electron chi connectivity index (χ3n) is 5.37. The summed E-state index contributed by atoms with van der Waals surface area (Å²) in [5, 5.41) is 0. The van der Waals surface area contributed by atoms with Gasteiger partial charge in [0.15, 0.2) is 0 Å². The molecule has 0 bridgehead atoms. The quantitative estimate of drug-likeness (QED) is 0.783. The third kappa shape index (κ3) is 3.80. The van der Waals surface area contributed by atoms with Gasteiger partial charge in [0, 0.05) is 12.1 Å². The van der Waals surface area contributed by atoms with Crippen LogP contribution in [0.4, 0.5) is 11.4 Å². The molecule has 1 unspecified atom stereocenters. The number of benzene rings is 2. The number of piperidine rings is 1. The molecule has 2 aromatic carbocycles. The fourth-order valence-electron chi connectivity index (χ4n) is 4.04. The van der Waals surface area contributed by atoms with Crippen LogP contribution in [0.3, 0.4) is 0 Å². The van der Waals surface area contributed by atoms with Gasteiger partial charge in [0.25, 0.3) is 5.91 Å². The topological polar surface area (TPSA) is 45.1 Å². The lowest BCUT2D eigenvalue weighted by molar-refractivity contribution is -0.112. The van der Waals surface area contributed by atoms with E-state index >= 15 is 0 Å². The van der Waals surface area contributed by atoms with E-state index in [1.165, 1.54) is 12.8 Å². The Morgan fingerprint density at radius 3 is 2.68 bits per heavy atom. The van der Waals surface area contributed by atoms with E-state index in [0.29, 0.717) is 24.9 Å². The number of hydrogen-bond acceptors (Lipinski definition) is 4. The van der Waals surface area contributed by atoms with Crippen LogP contribution in [0.2, 0.25) is 0 Å². The summed E-state index contributed by atoms with van der Waals surface area (Å²) in [6.07, 6.45) is 2.46. The summed E-state index contributed by atoms with van der Waals surface area (Å²) >= 11 is 0. The molecule has 0 aliphatic carbocycles. The molecule has 1 amide bonds. The molecule has 2 aromatic rings. The van der Waals surface area contributed by atoms with E-state index in [4.69, 9.17) is 9.73 Å². The second-order valence-corrected chi connectivity index (χ2v) is 7.60. The largest absolute Gasteiger partial charge is 0.494 e. The number of rotatable bonds is 5. The first kappa shape index (κ1) is 18.7. The molecule has 2 heterocycles. The zero-order valence-corrected chi connectivity index (χ0v) is 16.6. The van der Waals surface area contributed by atoms with Crippen LogP contribution in [0, 0.1) is 5.92 Å². The van der Waals surface area contributed by atoms with Crippen LogP contribution in [0.5, 0.6) is 5.75 Å². The van der Waals surface area contributed by atoms with Crippen molar-refractivity contribution in [1.82, 2.24) is 4.90 Å². The maximum absolute atomic E-state index is 13.2. The lowest BCUT2D eigenvalue weighted by Gasteiger charge is -2.33. The van der Waals surface area contributed by atoms with Crippen molar-refractivity contribution in [1.29, 1.82) is 0 Å². The van der Waals surface area contributed by atoms with Gasteiger partial charge >= 0.3 is 0 Å². The van der Waals surface area contributed by atoms with Crippen LogP contribution in [0.15, 0.2) is 53.5 Å². The van der Waals surface area contributed by atoms with Gasteiger partial charge in [-0.1, -0.05) is 25.1 Å². The number of para-hydroxylation sites is 1. The lowest BCUT2D eigenvalue weighted by Crippen LogP contribution is -2.45. The van der Waals surface area contributed by atoms with E-state index in [9.17, 15) is 4.79 Å². The maximum Gasteiger partial charge on any atom is 0.278 e. The molecule has 0 aromatic heterocycles. The summed E-state index contributed by atoms with van der Waals surface area (Å²) in [5.74, 6) is 1.47. The van der Waals surface area contributed by atoms with Crippen molar-refractivity contribution < 1.29 is 9.53 Å². The van der Waals surface area contributed by atoms with Crippen molar-refractivity contribution in [3.63, 3.8) is 0 Å². The van der Waals surface area contributed by atoms with Crippen LogP contribution in [-0.4, -0.2) is 42.9 Å². The first-order valence-corrected chi connectivity index (χ1v) is 10.1. The standard InChI is InChI=1S/C23H27N3O2/c1-3-28-19-12-10-18(11-13-19)24-22-20-8-4-5-9-21(20)26(23(22)27)16-25-14-6-7-17(2)15-25/h4-5,8-13,17H,3,6-7,14-16H2,1-2H3. The van der Waals surface area contributed by atoms with E-state index in [0.717, 1.165) is 35.8 Å². The number of anilines is 1. The van der Waals surface area contributed by atoms with Crippen molar-refractivity contribution in [2.24, 2.45) is 10.9 Å². The minimum Gasteiger partial charge on any atom is -0.494 e. The van der Waals surface area contributed by atoms with Crippen LogP contribution in [0.1, 0.15) is 32.3 Å². The molecule has 28 heavy (non-hydrogen) atoms. The van der Waals surface area contributed by atoms with Gasteiger partial charge in [-0.25, -0.2) is 4.99 Å². The predicted molar refractivity (Wildman–Crippen MR) is 113 cm³/mol. The molecule has 2 aliphatic heterocycles. The monoisotopic (exact) mass is 377 g/mol. The summed E-state index contributed by atoms with van der Waals surface area (Å²) in [6, 6.07) is 15.5. The smallest absolute Gasteiger partial charge is 0.278 e. The molecule has 2 aliphatic rings. The minimum absolute atomic E-state index is 0.0201. The second kappa shape index (κ2) is 8.15. The molecule has 1 saturated heterocycles. The van der Waals surface area contributed by atoms with E-state index in [-0.39, 0.29) is 5.91 Å². The normalized spacial score (nSPS) is 21.2. The van der Waals surface area contributed by atoms with Gasteiger partial charge in [0.1, 0.15) is 11.5 Å². The van der Waals surface area contributed by atoms with Crippen LogP contribution in [-0.2, 0) is 4.79 Å². The summed E-state index contributed by atoms with van der Waals surface area (Å²) in [5.41, 5.74) is 3.14. The number of carbonyl (C=O) groups excluding carboxylic acids is 1. The average Bonchev–Trinajstić information content (AvgIpc) is 2.96. The molecule has 0 saturated carbocycles. The van der Waals surface area contributed by atoms with Crippen LogP contribution < -0.4 is 9.64 Å². The molecule has 146 valence electrons. The Kier molecular flexibility index (Phi) is 5.44. The van der Waals surface area contributed by atoms with Crippen molar-refractivity contribution in [3.8, 4) is 5.75 Å². The maximum atomic E-state index is 13.2. The van der Waals surface area contributed by atoms with Crippen molar-refractivity contribution >= 4 is 23.0 Å². The number of nitrogens with zero attached hydrogens (tertiary/aromatic N) is 3. The molecule has 0 N–H and O–H groups in total. The Labute approximate surface area is 166 Å². The van der Waals surface area contributed by atoms with Crippen LogP contribution >= 0.6 is 0 Å². The zero-order chi connectivity index (χ0) is 19.5. The summed E-state index contributed by atoms with van der Waals surface area (Å²) in [7, 11) is 0. The highest BCUT2D eigenvalue weighted by molar-refractivity contribution is 6.54. The van der Waals surface area contributed by atoms with Crippen molar-refractivity contribution in [2.45, 2.75) is 26.7 Å². The van der Waals surface area contributed by atoms with E-state index < -0.39 is 0 Å². The number of carbonyl (C=O) groups is 1. The van der Waals surface area contributed by atoms with Crippen LogP contribution in [0.25, 0.3) is 0 Å². The lowest BCUT2D eigenvalue weighted by atomic mass is 10.0. The highest BCUT2D eigenvalue weighted by Crippen LogP contribution is 2.32. The van der Waals surface area contributed by atoms with Gasteiger partial charge in [-0.05, 0) is 62.6 Å². The molecule has 1 atom stereocenters. The Morgan fingerprint density at radius 1 is 1.14 bits per heavy atom. The summed E-state index contributed by atoms with van der Waals surface area (Å²) in [4.78, 5) is 22.2. The number of likely N-dealkylation sites (tertiary alicyclic amines) is 1. The molecule has 4 rings (SSSR count). The summed E-state index contributed by atoms with van der Waals surface area (Å²) in [6.45, 7) is 7.58. The van der Waals surface area contributed by atoms with E-state index in [1.54, 1.807) is 0 Å². The zero-order valence-electron chi connectivity index (χ0n) is 16.6. The van der Waals surface area contributed by atoms with Gasteiger partial charge in [-0.2, -0.15) is 0 Å². The SMILES string of the molecule is CCOc1ccc(N=C2C(=O)N(CN3CCCC(C)C3)c3ccccc32)cc1. The summed E-state index contributed by atoms with van der Waals surface area (Å²) < 4.78 is 5.49. The Balaban J connectivity index is 1.61. The molecule has 1 fully saturated rings. The Morgan fingerprint density at radius 2 is 1.93 bits per heavy atom. The first-order chi connectivity index (χ1) is 13.7. The molecular formula is C23H27N3O2. The van der Waals surface area contributed by atoms with Gasteiger partial charge in [0.2, 0.25) is 0 Å². The molecule has 0 spiro atoms. The molecule has 0 radical (unpaired) electrons. The van der Waals surface area contributed by atoms with E-state index in [1.807, 2.05) is 60.4 Å². The first-order valence-electron chi connectivity index (χ1n) is 10.1. The van der Waals surface area contributed by atoms with Gasteiger partial charge in [-0.15, -0.1) is 0 Å². The Hall–Kier alpha value is -2.66. The van der Waals surface area contributed by atoms with E-state index in [2.05, 4.69) is 11.8 Å². The fourth-order valence-corrected chi connectivity index (χ4v) is 4.04. The number of aliphatic imine (C=N–C) groups is 1. The predicted octanol–water partition coefficient (Wildman–Crippen LogP) is 4.24. The molecule has 5 nitrogen and oxygen atoms in total. The van der Waals surface area contributed by atoms with Crippen molar-refractivity contribution in [3.05, 3.63) is 54.1 Å². The second-order valence-electron chi connectivity index (χ2n) is 7.60. The van der Waals surface area contributed by atoms with Crippen molar-refractivity contribution in [2.75, 3.05) is 31.3 Å². The molecular weight excluding hydrogens is 350 g/mol. The number of fused-ring (bicyclic) bond motifs is 1. The van der Waals surface area contributed by atoms with Gasteiger partial charge < -0.3 is 4.74 Å². The highest BCUT2D eigenvalue weighted by Gasteiger charge is 2.35. The average molecular weight is 377 g/mol.